The highest BCUT2D eigenvalue weighted by Crippen LogP contribution is 2.28. The number of nitrogens with one attached hydrogen (secondary N) is 1. The highest BCUT2D eigenvalue weighted by Gasteiger charge is 2.52. The van der Waals surface area contributed by atoms with Gasteiger partial charge in [-0.3, -0.25) is 4.79 Å². The number of ether oxygens (including phenoxy) is 1. The maximum absolute atomic E-state index is 10.9. The summed E-state index contributed by atoms with van der Waals surface area (Å²) in [5, 5.41) is 40.4. The predicted molar refractivity (Wildman–Crippen MR) is 52.2 cm³/mol. The second-order valence-corrected chi connectivity index (χ2v) is 4.10. The first kappa shape index (κ1) is 13.3. The van der Waals surface area contributed by atoms with Crippen molar-refractivity contribution in [2.24, 2.45) is 0 Å². The number of hydrogen-bond donors (Lipinski definition) is 5. The molecule has 7 nitrogen and oxygen atoms in total. The van der Waals surface area contributed by atoms with Crippen molar-refractivity contribution in [2.75, 3.05) is 6.61 Å². The molecule has 0 bridgehead atoms. The van der Waals surface area contributed by atoms with Crippen molar-refractivity contribution in [3.63, 3.8) is 0 Å². The Hall–Kier alpha value is -0.730. The third kappa shape index (κ3) is 2.33. The molecule has 0 saturated carbocycles. The first-order valence-electron chi connectivity index (χ1n) is 4.92. The molecule has 0 spiro atoms. The SMILES string of the molecule is CC(=O)NC1C(O)OC(CO)[C@H](O)[C@@]1(C)O. The summed E-state index contributed by atoms with van der Waals surface area (Å²) in [4.78, 5) is 10.9. The molecular formula is C9H17NO6. The lowest BCUT2D eigenvalue weighted by Gasteiger charge is -2.46. The van der Waals surface area contributed by atoms with Crippen LogP contribution in [0.2, 0.25) is 0 Å². The van der Waals surface area contributed by atoms with Crippen LogP contribution in [0.3, 0.4) is 0 Å². The highest BCUT2D eigenvalue weighted by molar-refractivity contribution is 5.73. The highest BCUT2D eigenvalue weighted by atomic mass is 16.6. The fraction of sp³-hybridized carbons (Fsp3) is 0.889. The smallest absolute Gasteiger partial charge is 0.217 e. The summed E-state index contributed by atoms with van der Waals surface area (Å²) in [5.41, 5.74) is -1.78. The van der Waals surface area contributed by atoms with Gasteiger partial charge in [-0.15, -0.1) is 0 Å². The second kappa shape index (κ2) is 4.64. The first-order valence-corrected chi connectivity index (χ1v) is 4.92. The second-order valence-electron chi connectivity index (χ2n) is 4.10. The number of amides is 1. The van der Waals surface area contributed by atoms with Gasteiger partial charge in [-0.25, -0.2) is 0 Å². The van der Waals surface area contributed by atoms with Gasteiger partial charge in [0.1, 0.15) is 23.9 Å². The minimum Gasteiger partial charge on any atom is -0.394 e. The van der Waals surface area contributed by atoms with Crippen LogP contribution >= 0.6 is 0 Å². The van der Waals surface area contributed by atoms with E-state index in [2.05, 4.69) is 5.32 Å². The molecule has 0 aromatic carbocycles. The maximum Gasteiger partial charge on any atom is 0.217 e. The standard InChI is InChI=1S/C9H17NO6/c1-4(12)10-6-8(14)16-5(3-11)7(13)9(6,2)15/h5-8,11,13-15H,3H2,1-2H3,(H,10,12)/t5?,6?,7-,8?,9-/m0/s1. The van der Waals surface area contributed by atoms with Crippen LogP contribution < -0.4 is 5.32 Å². The minimum atomic E-state index is -1.78. The van der Waals surface area contributed by atoms with E-state index in [0.717, 1.165) is 0 Å². The molecule has 1 saturated heterocycles. The quantitative estimate of drug-likeness (QED) is 0.355. The zero-order valence-corrected chi connectivity index (χ0v) is 9.12. The maximum atomic E-state index is 10.9. The van der Waals surface area contributed by atoms with Crippen LogP contribution in [0, 0.1) is 0 Å². The van der Waals surface area contributed by atoms with Crippen molar-refractivity contribution in [3.05, 3.63) is 0 Å². The van der Waals surface area contributed by atoms with Gasteiger partial charge in [-0.05, 0) is 6.92 Å². The van der Waals surface area contributed by atoms with E-state index in [4.69, 9.17) is 9.84 Å². The normalized spacial score (nSPS) is 44.1. The van der Waals surface area contributed by atoms with Crippen LogP contribution in [0.4, 0.5) is 0 Å². The van der Waals surface area contributed by atoms with E-state index in [1.54, 1.807) is 0 Å². The van der Waals surface area contributed by atoms with Crippen LogP contribution in [0.1, 0.15) is 13.8 Å². The van der Waals surface area contributed by atoms with E-state index in [1.807, 2.05) is 0 Å². The zero-order chi connectivity index (χ0) is 12.5. The fourth-order valence-electron chi connectivity index (χ4n) is 1.76. The molecule has 7 heteroatoms. The van der Waals surface area contributed by atoms with Gasteiger partial charge in [-0.2, -0.15) is 0 Å². The fourth-order valence-corrected chi connectivity index (χ4v) is 1.76. The average molecular weight is 235 g/mol. The molecule has 1 fully saturated rings. The van der Waals surface area contributed by atoms with Crippen LogP contribution in [0.25, 0.3) is 0 Å². The van der Waals surface area contributed by atoms with Gasteiger partial charge in [0.05, 0.1) is 6.61 Å². The predicted octanol–water partition coefficient (Wildman–Crippen LogP) is -2.69. The van der Waals surface area contributed by atoms with E-state index in [9.17, 15) is 20.1 Å². The van der Waals surface area contributed by atoms with Gasteiger partial charge in [0, 0.05) is 6.92 Å². The molecule has 1 rings (SSSR count). The lowest BCUT2D eigenvalue weighted by atomic mass is 9.84. The summed E-state index contributed by atoms with van der Waals surface area (Å²) >= 11 is 0. The summed E-state index contributed by atoms with van der Waals surface area (Å²) in [6, 6.07) is -1.15. The van der Waals surface area contributed by atoms with Crippen molar-refractivity contribution in [2.45, 2.75) is 44.0 Å². The van der Waals surface area contributed by atoms with Gasteiger partial charge >= 0.3 is 0 Å². The Kier molecular flexibility index (Phi) is 3.87. The molecule has 16 heavy (non-hydrogen) atoms. The molecule has 5 atom stereocenters. The van der Waals surface area contributed by atoms with Gasteiger partial charge in [0.2, 0.25) is 5.91 Å². The molecule has 0 aliphatic carbocycles. The molecule has 1 amide bonds. The lowest BCUT2D eigenvalue weighted by molar-refractivity contribution is -0.282. The molecule has 1 heterocycles. The molecule has 1 aliphatic heterocycles. The molecule has 0 radical (unpaired) electrons. The zero-order valence-electron chi connectivity index (χ0n) is 9.12. The molecule has 1 aliphatic rings. The third-order valence-electron chi connectivity index (χ3n) is 2.72. The molecule has 3 unspecified atom stereocenters. The number of aliphatic hydroxyl groups is 4. The van der Waals surface area contributed by atoms with E-state index in [-0.39, 0.29) is 0 Å². The van der Waals surface area contributed by atoms with Crippen LogP contribution in [0.5, 0.6) is 0 Å². The third-order valence-corrected chi connectivity index (χ3v) is 2.72. The summed E-state index contributed by atoms with van der Waals surface area (Å²) in [5.74, 6) is -0.470. The summed E-state index contributed by atoms with van der Waals surface area (Å²) in [7, 11) is 0. The Bertz CT molecular complexity index is 269. The Labute approximate surface area is 92.7 Å². The van der Waals surface area contributed by atoms with Crippen LogP contribution in [0.15, 0.2) is 0 Å². The number of carbonyl (C=O) groups excluding carboxylic acids is 1. The van der Waals surface area contributed by atoms with Gasteiger partial charge in [-0.1, -0.05) is 0 Å². The van der Waals surface area contributed by atoms with Crippen molar-refractivity contribution < 1.29 is 30.0 Å². The number of hydrogen-bond acceptors (Lipinski definition) is 6. The Morgan fingerprint density at radius 3 is 2.50 bits per heavy atom. The Balaban J connectivity index is 2.89. The van der Waals surface area contributed by atoms with Crippen LogP contribution in [-0.2, 0) is 9.53 Å². The van der Waals surface area contributed by atoms with Crippen molar-refractivity contribution >= 4 is 5.91 Å². The minimum absolute atomic E-state index is 0.470. The molecule has 0 aromatic rings. The molecular weight excluding hydrogens is 218 g/mol. The van der Waals surface area contributed by atoms with Gasteiger partial charge in [0.15, 0.2) is 6.29 Å². The first-order chi connectivity index (χ1) is 7.30. The summed E-state index contributed by atoms with van der Waals surface area (Å²) in [6.07, 6.45) is -3.98. The summed E-state index contributed by atoms with van der Waals surface area (Å²) in [6.45, 7) is 1.93. The topological polar surface area (TPSA) is 119 Å². The van der Waals surface area contributed by atoms with E-state index >= 15 is 0 Å². The summed E-state index contributed by atoms with van der Waals surface area (Å²) < 4.78 is 4.88. The van der Waals surface area contributed by atoms with Crippen molar-refractivity contribution in [3.8, 4) is 0 Å². The Morgan fingerprint density at radius 1 is 1.50 bits per heavy atom. The van der Waals surface area contributed by atoms with Crippen molar-refractivity contribution in [1.82, 2.24) is 5.32 Å². The van der Waals surface area contributed by atoms with E-state index < -0.39 is 42.7 Å². The Morgan fingerprint density at radius 2 is 2.06 bits per heavy atom. The van der Waals surface area contributed by atoms with Gasteiger partial charge in [0.25, 0.3) is 0 Å². The van der Waals surface area contributed by atoms with E-state index in [0.29, 0.717) is 0 Å². The van der Waals surface area contributed by atoms with Gasteiger partial charge < -0.3 is 30.5 Å². The monoisotopic (exact) mass is 235 g/mol. The van der Waals surface area contributed by atoms with Crippen molar-refractivity contribution in [1.29, 1.82) is 0 Å². The number of carbonyl (C=O) groups is 1. The largest absolute Gasteiger partial charge is 0.394 e. The molecule has 5 N–H and O–H groups in total. The molecule has 0 aromatic heterocycles. The number of aliphatic hydroxyl groups excluding tert-OH is 3. The lowest BCUT2D eigenvalue weighted by Crippen LogP contribution is -2.70. The number of rotatable bonds is 2. The average Bonchev–Trinajstić information content (AvgIpc) is 2.18. The molecule has 94 valence electrons. The van der Waals surface area contributed by atoms with Crippen LogP contribution in [-0.4, -0.2) is 63.1 Å². The van der Waals surface area contributed by atoms with E-state index in [1.165, 1.54) is 13.8 Å².